The van der Waals surface area contributed by atoms with Gasteiger partial charge in [0.05, 0.1) is 40.4 Å². The van der Waals surface area contributed by atoms with Gasteiger partial charge in [0, 0.05) is 30.9 Å². The lowest BCUT2D eigenvalue weighted by molar-refractivity contribution is -0.00000599. The summed E-state index contributed by atoms with van der Waals surface area (Å²) in [6.07, 6.45) is 1.30. The van der Waals surface area contributed by atoms with Gasteiger partial charge < -0.3 is 33.6 Å². The molecule has 27 heavy (non-hydrogen) atoms. The molecule has 1 aromatic carbocycles. The zero-order chi connectivity index (χ0) is 17.7. The van der Waals surface area contributed by atoms with Gasteiger partial charge in [-0.3, -0.25) is 0 Å². The summed E-state index contributed by atoms with van der Waals surface area (Å²) in [5.41, 5.74) is 6.12. The molecule has 0 N–H and O–H groups in total. The van der Waals surface area contributed by atoms with Crippen LogP contribution < -0.4 is 38.8 Å². The average Bonchev–Trinajstić information content (AvgIpc) is 2.60. The molecule has 3 aliphatic heterocycles. The molecule has 0 spiro atoms. The van der Waals surface area contributed by atoms with Gasteiger partial charge in [-0.1, -0.05) is 0 Å². The van der Waals surface area contributed by atoms with E-state index in [2.05, 4.69) is 47.6 Å². The van der Waals surface area contributed by atoms with E-state index < -0.39 is 0 Å². The number of halogens is 1. The Hall–Kier alpha value is -1.25. The smallest absolute Gasteiger partial charge is 0.201 e. The maximum Gasteiger partial charge on any atom is 0.201 e. The second-order valence-corrected chi connectivity index (χ2v) is 8.46. The number of rotatable bonds is 1. The second kappa shape index (κ2) is 7.64. The lowest BCUT2D eigenvalue weighted by atomic mass is 10.1. The van der Waals surface area contributed by atoms with Crippen molar-refractivity contribution in [2.24, 2.45) is 0 Å². The van der Waals surface area contributed by atoms with Gasteiger partial charge in [-0.2, -0.15) is 0 Å². The van der Waals surface area contributed by atoms with Crippen LogP contribution in [0.5, 0.6) is 0 Å². The predicted molar refractivity (Wildman–Crippen MR) is 108 cm³/mol. The second-order valence-electron chi connectivity index (χ2n) is 7.37. The Kier molecular flexibility index (Phi) is 5.40. The molecule has 2 fully saturated rings. The van der Waals surface area contributed by atoms with E-state index in [1.807, 2.05) is 11.3 Å². The molecule has 6 heteroatoms. The van der Waals surface area contributed by atoms with Gasteiger partial charge in [0.1, 0.15) is 13.1 Å². The molecule has 0 amide bonds. The van der Waals surface area contributed by atoms with Gasteiger partial charge in [0.25, 0.3) is 0 Å². The summed E-state index contributed by atoms with van der Waals surface area (Å²) in [6.45, 7) is 10.3. The minimum Gasteiger partial charge on any atom is -1.00 e. The minimum absolute atomic E-state index is 0. The van der Waals surface area contributed by atoms with E-state index >= 15 is 0 Å². The van der Waals surface area contributed by atoms with Crippen LogP contribution >= 0.6 is 11.3 Å². The summed E-state index contributed by atoms with van der Waals surface area (Å²) in [5.74, 6) is 0. The van der Waals surface area contributed by atoms with Crippen molar-refractivity contribution in [1.82, 2.24) is 9.56 Å². The van der Waals surface area contributed by atoms with Crippen molar-refractivity contribution < 1.29 is 28.7 Å². The number of morpholine rings is 1. The number of hydrogen-bond donors (Lipinski definition) is 0. The molecule has 0 saturated carbocycles. The van der Waals surface area contributed by atoms with Gasteiger partial charge in [0.15, 0.2) is 0 Å². The Balaban J connectivity index is 0.00000180. The van der Waals surface area contributed by atoms with Gasteiger partial charge in [-0.05, 0) is 37.1 Å². The fraction of sp³-hybridized carbons (Fsp3) is 0.429. The monoisotopic (exact) mass is 493 g/mol. The van der Waals surface area contributed by atoms with Crippen LogP contribution in [0, 0.1) is 13.8 Å². The van der Waals surface area contributed by atoms with Gasteiger partial charge >= 0.3 is 0 Å². The third-order valence-corrected chi connectivity index (χ3v) is 6.60. The average molecular weight is 493 g/mol. The number of anilines is 1. The summed E-state index contributed by atoms with van der Waals surface area (Å²) in [6, 6.07) is 9.22. The Morgan fingerprint density at radius 3 is 2.52 bits per heavy atom. The van der Waals surface area contributed by atoms with Crippen LogP contribution in [-0.2, 0) is 4.74 Å². The van der Waals surface area contributed by atoms with E-state index in [9.17, 15) is 0 Å². The molecule has 0 unspecified atom stereocenters. The van der Waals surface area contributed by atoms with E-state index in [0.717, 1.165) is 37.5 Å². The highest BCUT2D eigenvalue weighted by Crippen LogP contribution is 2.35. The van der Waals surface area contributed by atoms with Gasteiger partial charge in [-0.15, -0.1) is 11.3 Å². The highest BCUT2D eigenvalue weighted by atomic mass is 127. The molecule has 5 rings (SSSR count). The van der Waals surface area contributed by atoms with Crippen LogP contribution in [0.3, 0.4) is 0 Å². The third-order valence-electron chi connectivity index (χ3n) is 5.54. The van der Waals surface area contributed by atoms with Gasteiger partial charge in [-0.25, -0.2) is 9.56 Å². The molecule has 1 aromatic rings. The SMILES string of the molecule is Cc1cc(=[N+]2CCC2)cc2sc3cc(N4CCOCC4)cc(C)c3nc1-2.[I-]. The Bertz CT molecular complexity index is 1030. The van der Waals surface area contributed by atoms with Crippen molar-refractivity contribution >= 4 is 27.2 Å². The van der Waals surface area contributed by atoms with Crippen LogP contribution in [0.1, 0.15) is 17.5 Å². The summed E-state index contributed by atoms with van der Waals surface area (Å²) in [5, 5.41) is 1.35. The van der Waals surface area contributed by atoms with Crippen molar-refractivity contribution in [2.75, 3.05) is 44.3 Å². The van der Waals surface area contributed by atoms with Crippen LogP contribution in [0.2, 0.25) is 0 Å². The molecule has 0 atom stereocenters. The molecule has 4 aliphatic rings. The number of hydrogen-bond acceptors (Lipinski definition) is 4. The largest absolute Gasteiger partial charge is 1.00 e. The molecule has 0 radical (unpaired) electrons. The molecular formula is C21H24IN3OS. The first-order valence-corrected chi connectivity index (χ1v) is 10.3. The number of benzene rings is 2. The quantitative estimate of drug-likeness (QED) is 0.272. The summed E-state index contributed by atoms with van der Waals surface area (Å²) < 4.78 is 9.24. The zero-order valence-electron chi connectivity index (χ0n) is 15.8. The number of fused-ring (bicyclic) bond motifs is 2. The fourth-order valence-corrected chi connectivity index (χ4v) is 5.09. The Labute approximate surface area is 180 Å². The number of aromatic nitrogens is 1. The first-order chi connectivity index (χ1) is 12.7. The Morgan fingerprint density at radius 1 is 1.04 bits per heavy atom. The van der Waals surface area contributed by atoms with Crippen molar-refractivity contribution in [2.45, 2.75) is 20.3 Å². The van der Waals surface area contributed by atoms with Crippen molar-refractivity contribution in [1.29, 1.82) is 0 Å². The maximum absolute atomic E-state index is 5.51. The molecule has 3 heterocycles. The first kappa shape index (κ1) is 19.1. The molecule has 142 valence electrons. The highest BCUT2D eigenvalue weighted by molar-refractivity contribution is 7.21. The fourth-order valence-electron chi connectivity index (χ4n) is 3.89. The highest BCUT2D eigenvalue weighted by Gasteiger charge is 2.20. The van der Waals surface area contributed by atoms with Crippen molar-refractivity contribution in [3.05, 3.63) is 40.7 Å². The van der Waals surface area contributed by atoms with E-state index in [4.69, 9.17) is 9.72 Å². The summed E-state index contributed by atoms with van der Waals surface area (Å²) in [7, 11) is 0. The molecule has 2 saturated heterocycles. The number of nitrogens with zero attached hydrogens (tertiary/aromatic N) is 3. The third kappa shape index (κ3) is 3.47. The van der Waals surface area contributed by atoms with Crippen LogP contribution in [0.4, 0.5) is 5.69 Å². The van der Waals surface area contributed by atoms with Crippen molar-refractivity contribution in [3.8, 4) is 10.6 Å². The van der Waals surface area contributed by atoms with Crippen LogP contribution in [0.15, 0.2) is 24.3 Å². The van der Waals surface area contributed by atoms with Crippen molar-refractivity contribution in [3.63, 3.8) is 0 Å². The van der Waals surface area contributed by atoms with E-state index in [-0.39, 0.29) is 24.0 Å². The predicted octanol–water partition coefficient (Wildman–Crippen LogP) is 0.0344. The van der Waals surface area contributed by atoms with Gasteiger partial charge in [0.2, 0.25) is 5.36 Å². The molecule has 4 nitrogen and oxygen atoms in total. The first-order valence-electron chi connectivity index (χ1n) is 9.45. The molecule has 0 aromatic heterocycles. The van der Waals surface area contributed by atoms with E-state index in [1.54, 1.807) is 0 Å². The zero-order valence-corrected chi connectivity index (χ0v) is 18.8. The lowest BCUT2D eigenvalue weighted by Gasteiger charge is -2.29. The van der Waals surface area contributed by atoms with Crippen LogP contribution in [-0.4, -0.2) is 44.4 Å². The summed E-state index contributed by atoms with van der Waals surface area (Å²) >= 11 is 1.88. The summed E-state index contributed by atoms with van der Waals surface area (Å²) in [4.78, 5) is 8.77. The maximum atomic E-state index is 5.51. The number of aryl methyl sites for hydroxylation is 2. The molecular weight excluding hydrogens is 469 g/mol. The molecule has 1 aliphatic carbocycles. The normalized spacial score (nSPS) is 17.1. The number of ether oxygens (including phenoxy) is 1. The van der Waals surface area contributed by atoms with Crippen LogP contribution in [0.25, 0.3) is 20.8 Å². The lowest BCUT2D eigenvalue weighted by Crippen LogP contribution is -3.00. The Morgan fingerprint density at radius 2 is 1.81 bits per heavy atom. The standard InChI is InChI=1S/C21H24N3OS.HI/c1-14-10-16(23-4-3-5-23)12-18-20(14)22-21-15(2)11-17(13-19(21)26-18)24-6-8-25-9-7-24;/h10-13H,3-9H2,1-2H3;1H/q+1;/p-1. The molecule has 0 bridgehead atoms. The van der Waals surface area contributed by atoms with E-state index in [0.29, 0.717) is 0 Å². The topological polar surface area (TPSA) is 28.4 Å². The van der Waals surface area contributed by atoms with E-state index in [1.165, 1.54) is 51.3 Å². The minimum atomic E-state index is 0.